The minimum atomic E-state index is 0.0959. The van der Waals surface area contributed by atoms with E-state index in [2.05, 4.69) is 38.2 Å². The molecule has 0 aliphatic rings. The summed E-state index contributed by atoms with van der Waals surface area (Å²) in [6.07, 6.45) is 9.78. The van der Waals surface area contributed by atoms with Crippen LogP contribution in [0.25, 0.3) is 0 Å². The van der Waals surface area contributed by atoms with E-state index >= 15 is 0 Å². The highest BCUT2D eigenvalue weighted by Gasteiger charge is 2.05. The Morgan fingerprint density at radius 2 is 1.71 bits per heavy atom. The molecule has 0 aromatic rings. The molecule has 14 heavy (non-hydrogen) atoms. The summed E-state index contributed by atoms with van der Waals surface area (Å²) in [7, 11) is 0. The van der Waals surface area contributed by atoms with E-state index in [1.165, 1.54) is 32.1 Å². The van der Waals surface area contributed by atoms with Crippen LogP contribution in [0, 0.1) is 0 Å². The van der Waals surface area contributed by atoms with Gasteiger partial charge >= 0.3 is 0 Å². The third-order valence-corrected chi connectivity index (χ3v) is 1.93. The van der Waals surface area contributed by atoms with E-state index in [1.54, 1.807) is 0 Å². The van der Waals surface area contributed by atoms with E-state index in [-0.39, 0.29) is 5.54 Å². The van der Waals surface area contributed by atoms with Gasteiger partial charge in [0.05, 0.1) is 0 Å². The molecule has 0 fully saturated rings. The van der Waals surface area contributed by atoms with Crippen molar-refractivity contribution in [2.75, 3.05) is 0 Å². The van der Waals surface area contributed by atoms with Crippen LogP contribution >= 0.6 is 0 Å². The zero-order valence-corrected chi connectivity index (χ0v) is 10.3. The summed E-state index contributed by atoms with van der Waals surface area (Å²) in [5.41, 5.74) is 3.19. The molecule has 0 aliphatic carbocycles. The summed E-state index contributed by atoms with van der Waals surface area (Å²) in [5.74, 6) is 0. The Bertz CT molecular complexity index is 145. The van der Waals surface area contributed by atoms with E-state index in [4.69, 9.17) is 0 Å². The highest BCUT2D eigenvalue weighted by molar-refractivity contribution is 5.56. The van der Waals surface area contributed by atoms with Crippen LogP contribution in [0.5, 0.6) is 0 Å². The summed E-state index contributed by atoms with van der Waals surface area (Å²) in [5, 5.41) is 4.19. The Kier molecular flexibility index (Phi) is 7.54. The number of nitrogens with one attached hydrogen (secondary N) is 1. The lowest BCUT2D eigenvalue weighted by Crippen LogP contribution is -2.31. The SMILES string of the molecule is CCCCCCCC=NNC(C)(C)C. The maximum atomic E-state index is 4.19. The van der Waals surface area contributed by atoms with Crippen molar-refractivity contribution in [1.82, 2.24) is 5.43 Å². The fourth-order valence-electron chi connectivity index (χ4n) is 1.14. The van der Waals surface area contributed by atoms with Crippen molar-refractivity contribution in [1.29, 1.82) is 0 Å². The summed E-state index contributed by atoms with van der Waals surface area (Å²) in [4.78, 5) is 0. The molecular weight excluding hydrogens is 172 g/mol. The van der Waals surface area contributed by atoms with Gasteiger partial charge in [0.1, 0.15) is 0 Å². The molecule has 0 aliphatic heterocycles. The van der Waals surface area contributed by atoms with Crippen LogP contribution in [0.15, 0.2) is 5.10 Å². The van der Waals surface area contributed by atoms with Crippen LogP contribution in [0.4, 0.5) is 0 Å². The fourth-order valence-corrected chi connectivity index (χ4v) is 1.14. The van der Waals surface area contributed by atoms with Gasteiger partial charge in [0, 0.05) is 11.8 Å². The van der Waals surface area contributed by atoms with Crippen molar-refractivity contribution in [2.45, 2.75) is 71.8 Å². The summed E-state index contributed by atoms with van der Waals surface area (Å²) < 4.78 is 0. The lowest BCUT2D eigenvalue weighted by Gasteiger charge is -2.16. The largest absolute Gasteiger partial charge is 0.305 e. The molecule has 0 spiro atoms. The third kappa shape index (κ3) is 11.5. The molecule has 1 N–H and O–H groups in total. The molecule has 0 saturated heterocycles. The van der Waals surface area contributed by atoms with Gasteiger partial charge in [-0.2, -0.15) is 5.10 Å². The molecule has 0 rings (SSSR count). The summed E-state index contributed by atoms with van der Waals surface area (Å²) in [6.45, 7) is 8.59. The molecular formula is C12H26N2. The van der Waals surface area contributed by atoms with Crippen LogP contribution in [0.2, 0.25) is 0 Å². The predicted molar refractivity (Wildman–Crippen MR) is 64.8 cm³/mol. The van der Waals surface area contributed by atoms with E-state index in [0.717, 1.165) is 6.42 Å². The van der Waals surface area contributed by atoms with Crippen molar-refractivity contribution in [3.05, 3.63) is 0 Å². The molecule has 0 heterocycles. The van der Waals surface area contributed by atoms with Gasteiger partial charge in [-0.25, -0.2) is 0 Å². The molecule has 2 nitrogen and oxygen atoms in total. The predicted octanol–water partition coefficient (Wildman–Crippen LogP) is 3.72. The van der Waals surface area contributed by atoms with Crippen molar-refractivity contribution in [3.8, 4) is 0 Å². The maximum Gasteiger partial charge on any atom is 0.0464 e. The standard InChI is InChI=1S/C12H26N2/c1-5-6-7-8-9-10-11-13-14-12(2,3)4/h11,14H,5-10H2,1-4H3. The lowest BCUT2D eigenvalue weighted by molar-refractivity contribution is 0.441. The van der Waals surface area contributed by atoms with Gasteiger partial charge in [-0.15, -0.1) is 0 Å². The van der Waals surface area contributed by atoms with E-state index < -0.39 is 0 Å². The first-order valence-electron chi connectivity index (χ1n) is 5.85. The Hall–Kier alpha value is -0.530. The van der Waals surface area contributed by atoms with E-state index in [1.807, 2.05) is 6.21 Å². The van der Waals surface area contributed by atoms with E-state index in [0.29, 0.717) is 0 Å². The molecule has 0 amide bonds. The maximum absolute atomic E-state index is 4.19. The van der Waals surface area contributed by atoms with Gasteiger partial charge in [-0.05, 0) is 33.6 Å². The highest BCUT2D eigenvalue weighted by Crippen LogP contribution is 2.03. The van der Waals surface area contributed by atoms with Gasteiger partial charge in [0.25, 0.3) is 0 Å². The average molecular weight is 198 g/mol. The van der Waals surface area contributed by atoms with Crippen molar-refractivity contribution in [2.24, 2.45) is 5.10 Å². The molecule has 0 aromatic carbocycles. The lowest BCUT2D eigenvalue weighted by atomic mass is 10.1. The number of hydrogen-bond acceptors (Lipinski definition) is 2. The second-order valence-corrected chi connectivity index (χ2v) is 4.88. The van der Waals surface area contributed by atoms with Gasteiger partial charge < -0.3 is 5.43 Å². The quantitative estimate of drug-likeness (QED) is 0.376. The van der Waals surface area contributed by atoms with Crippen molar-refractivity contribution in [3.63, 3.8) is 0 Å². The van der Waals surface area contributed by atoms with E-state index in [9.17, 15) is 0 Å². The Morgan fingerprint density at radius 3 is 2.29 bits per heavy atom. The van der Waals surface area contributed by atoms with Crippen LogP contribution in [0.3, 0.4) is 0 Å². The summed E-state index contributed by atoms with van der Waals surface area (Å²) in [6, 6.07) is 0. The molecule has 84 valence electrons. The summed E-state index contributed by atoms with van der Waals surface area (Å²) >= 11 is 0. The van der Waals surface area contributed by atoms with Crippen molar-refractivity contribution >= 4 is 6.21 Å². The molecule has 2 heteroatoms. The minimum absolute atomic E-state index is 0.0959. The van der Waals surface area contributed by atoms with Gasteiger partial charge in [-0.1, -0.05) is 32.6 Å². The highest BCUT2D eigenvalue weighted by atomic mass is 15.3. The van der Waals surface area contributed by atoms with Gasteiger partial charge in [0.2, 0.25) is 0 Å². The molecule has 0 atom stereocenters. The third-order valence-electron chi connectivity index (χ3n) is 1.93. The van der Waals surface area contributed by atoms with Crippen LogP contribution < -0.4 is 5.43 Å². The molecule has 0 bridgehead atoms. The zero-order chi connectivity index (χ0) is 10.9. The topological polar surface area (TPSA) is 24.4 Å². The number of rotatable bonds is 7. The number of hydrogen-bond donors (Lipinski definition) is 1. The Morgan fingerprint density at radius 1 is 1.07 bits per heavy atom. The second-order valence-electron chi connectivity index (χ2n) is 4.88. The first kappa shape index (κ1) is 13.5. The van der Waals surface area contributed by atoms with Crippen LogP contribution in [0.1, 0.15) is 66.2 Å². The van der Waals surface area contributed by atoms with Gasteiger partial charge in [0.15, 0.2) is 0 Å². The average Bonchev–Trinajstić information content (AvgIpc) is 2.08. The Balaban J connectivity index is 3.19. The first-order chi connectivity index (χ1) is 6.56. The molecule has 0 aromatic heterocycles. The number of nitrogens with zero attached hydrogens (tertiary/aromatic N) is 1. The fraction of sp³-hybridized carbons (Fsp3) is 0.917. The second kappa shape index (κ2) is 7.84. The smallest absolute Gasteiger partial charge is 0.0464 e. The minimum Gasteiger partial charge on any atom is -0.305 e. The van der Waals surface area contributed by atoms with Crippen molar-refractivity contribution < 1.29 is 0 Å². The molecule has 0 radical (unpaired) electrons. The van der Waals surface area contributed by atoms with Crippen LogP contribution in [-0.2, 0) is 0 Å². The Labute approximate surface area is 89.2 Å². The zero-order valence-electron chi connectivity index (χ0n) is 10.3. The monoisotopic (exact) mass is 198 g/mol. The number of hydrazone groups is 1. The van der Waals surface area contributed by atoms with Gasteiger partial charge in [-0.3, -0.25) is 0 Å². The normalized spacial score (nSPS) is 12.3. The number of unbranched alkanes of at least 4 members (excludes halogenated alkanes) is 5. The molecule has 0 unspecified atom stereocenters. The van der Waals surface area contributed by atoms with Crippen LogP contribution in [-0.4, -0.2) is 11.8 Å². The first-order valence-corrected chi connectivity index (χ1v) is 5.85. The molecule has 0 saturated carbocycles.